The molecule has 1 aromatic rings. The van der Waals surface area contributed by atoms with Gasteiger partial charge < -0.3 is 5.11 Å². The Morgan fingerprint density at radius 3 is 2.21 bits per heavy atom. The maximum Gasteiger partial charge on any atom is 0.0911 e. The third-order valence-corrected chi connectivity index (χ3v) is 3.84. The Morgan fingerprint density at radius 2 is 1.63 bits per heavy atom. The zero-order chi connectivity index (χ0) is 14.0. The minimum Gasteiger partial charge on any atom is -0.385 e. The molecule has 19 heavy (non-hydrogen) atoms. The van der Waals surface area contributed by atoms with Crippen molar-refractivity contribution in [2.24, 2.45) is 0 Å². The summed E-state index contributed by atoms with van der Waals surface area (Å²) in [5.74, 6) is 0. The molecule has 0 saturated carbocycles. The van der Waals surface area contributed by atoms with Crippen LogP contribution >= 0.6 is 0 Å². The Bertz CT molecular complexity index is 325. The Labute approximate surface area is 118 Å². The molecular weight excluding hydrogens is 234 g/mol. The second-order valence-electron chi connectivity index (χ2n) is 5.54. The van der Waals surface area contributed by atoms with Gasteiger partial charge in [0.2, 0.25) is 0 Å². The standard InChI is InChI=1S/C17H29NO/c1-3-5-7-9-13-17(19,12-8-6-4-2)16-11-10-14-18-15-16/h10-11,14-15,19H,3-9,12-13H2,1-2H3. The van der Waals surface area contributed by atoms with E-state index in [1.165, 1.54) is 32.1 Å². The highest BCUT2D eigenvalue weighted by molar-refractivity contribution is 5.17. The van der Waals surface area contributed by atoms with Crippen LogP contribution in [0.4, 0.5) is 0 Å². The Kier molecular flexibility index (Phi) is 7.73. The van der Waals surface area contributed by atoms with Gasteiger partial charge in [-0.25, -0.2) is 0 Å². The van der Waals surface area contributed by atoms with Gasteiger partial charge >= 0.3 is 0 Å². The van der Waals surface area contributed by atoms with E-state index in [4.69, 9.17) is 0 Å². The van der Waals surface area contributed by atoms with Crippen molar-refractivity contribution in [3.05, 3.63) is 30.1 Å². The monoisotopic (exact) mass is 263 g/mol. The molecule has 0 saturated heterocycles. The highest BCUT2D eigenvalue weighted by Crippen LogP contribution is 2.32. The lowest BCUT2D eigenvalue weighted by atomic mass is 9.84. The summed E-state index contributed by atoms with van der Waals surface area (Å²) in [6.45, 7) is 4.42. The van der Waals surface area contributed by atoms with Crippen molar-refractivity contribution in [2.45, 2.75) is 77.2 Å². The summed E-state index contributed by atoms with van der Waals surface area (Å²) >= 11 is 0. The van der Waals surface area contributed by atoms with Crippen molar-refractivity contribution < 1.29 is 5.11 Å². The average molecular weight is 263 g/mol. The molecular formula is C17H29NO. The first-order valence-corrected chi connectivity index (χ1v) is 7.86. The van der Waals surface area contributed by atoms with Gasteiger partial charge in [0.1, 0.15) is 0 Å². The van der Waals surface area contributed by atoms with Crippen LogP contribution in [0.25, 0.3) is 0 Å². The fraction of sp³-hybridized carbons (Fsp3) is 0.706. The zero-order valence-corrected chi connectivity index (χ0v) is 12.6. The summed E-state index contributed by atoms with van der Waals surface area (Å²) in [7, 11) is 0. The molecule has 0 aromatic carbocycles. The molecule has 0 fully saturated rings. The van der Waals surface area contributed by atoms with Crippen LogP contribution in [0.2, 0.25) is 0 Å². The molecule has 1 atom stereocenters. The second kappa shape index (κ2) is 9.08. The van der Waals surface area contributed by atoms with E-state index in [9.17, 15) is 5.11 Å². The number of pyridine rings is 1. The van der Waals surface area contributed by atoms with Gasteiger partial charge in [0, 0.05) is 18.0 Å². The lowest BCUT2D eigenvalue weighted by Crippen LogP contribution is -2.26. The molecule has 1 heterocycles. The van der Waals surface area contributed by atoms with Crippen molar-refractivity contribution in [3.8, 4) is 0 Å². The Hall–Kier alpha value is -0.890. The molecule has 2 heteroatoms. The number of rotatable bonds is 10. The second-order valence-corrected chi connectivity index (χ2v) is 5.54. The van der Waals surface area contributed by atoms with Gasteiger partial charge in [-0.15, -0.1) is 0 Å². The minimum atomic E-state index is -0.669. The third-order valence-electron chi connectivity index (χ3n) is 3.84. The van der Waals surface area contributed by atoms with Crippen molar-refractivity contribution in [2.75, 3.05) is 0 Å². The van der Waals surface area contributed by atoms with Crippen LogP contribution in [0.15, 0.2) is 24.5 Å². The summed E-state index contributed by atoms with van der Waals surface area (Å²) in [5.41, 5.74) is 0.319. The lowest BCUT2D eigenvalue weighted by Gasteiger charge is -2.28. The SMILES string of the molecule is CCCCCCC(O)(CCCCC)c1cccnc1. The molecule has 2 nitrogen and oxygen atoms in total. The number of unbranched alkanes of at least 4 members (excludes halogenated alkanes) is 5. The van der Waals surface area contributed by atoms with E-state index in [2.05, 4.69) is 18.8 Å². The predicted octanol–water partition coefficient (Wildman–Crippen LogP) is 4.82. The molecule has 0 radical (unpaired) electrons. The van der Waals surface area contributed by atoms with Crippen LogP contribution in [0.5, 0.6) is 0 Å². The minimum absolute atomic E-state index is 0.669. The molecule has 0 amide bonds. The maximum atomic E-state index is 11.0. The molecule has 108 valence electrons. The number of nitrogens with zero attached hydrogens (tertiary/aromatic N) is 1. The summed E-state index contributed by atoms with van der Waals surface area (Å²) in [5, 5.41) is 11.0. The van der Waals surface area contributed by atoms with Gasteiger partial charge in [-0.1, -0.05) is 64.9 Å². The van der Waals surface area contributed by atoms with Gasteiger partial charge in [0.15, 0.2) is 0 Å². The molecule has 1 rings (SSSR count). The third kappa shape index (κ3) is 5.73. The summed E-state index contributed by atoms with van der Waals surface area (Å²) in [6, 6.07) is 3.94. The highest BCUT2D eigenvalue weighted by atomic mass is 16.3. The quantitative estimate of drug-likeness (QED) is 0.614. The van der Waals surface area contributed by atoms with Crippen LogP contribution in [0.1, 0.15) is 77.2 Å². The molecule has 0 aliphatic carbocycles. The van der Waals surface area contributed by atoms with Gasteiger partial charge in [0.05, 0.1) is 5.60 Å². The van der Waals surface area contributed by atoms with E-state index in [1.807, 2.05) is 18.3 Å². The van der Waals surface area contributed by atoms with E-state index in [-0.39, 0.29) is 0 Å². The van der Waals surface area contributed by atoms with E-state index < -0.39 is 5.60 Å². The fourth-order valence-electron chi connectivity index (χ4n) is 2.56. The van der Waals surface area contributed by atoms with Crippen molar-refractivity contribution in [1.29, 1.82) is 0 Å². The van der Waals surface area contributed by atoms with E-state index >= 15 is 0 Å². The van der Waals surface area contributed by atoms with Crippen molar-refractivity contribution in [3.63, 3.8) is 0 Å². The van der Waals surface area contributed by atoms with Crippen LogP contribution in [-0.4, -0.2) is 10.1 Å². The highest BCUT2D eigenvalue weighted by Gasteiger charge is 2.28. The first-order valence-electron chi connectivity index (χ1n) is 7.86. The van der Waals surface area contributed by atoms with Gasteiger partial charge in [-0.05, 0) is 18.9 Å². The average Bonchev–Trinajstić information content (AvgIpc) is 2.45. The summed E-state index contributed by atoms with van der Waals surface area (Å²) in [4.78, 5) is 4.16. The number of hydrogen-bond acceptors (Lipinski definition) is 2. The lowest BCUT2D eigenvalue weighted by molar-refractivity contribution is 0.0130. The fourth-order valence-corrected chi connectivity index (χ4v) is 2.56. The predicted molar refractivity (Wildman–Crippen MR) is 81.0 cm³/mol. The van der Waals surface area contributed by atoms with Gasteiger partial charge in [-0.3, -0.25) is 4.98 Å². The van der Waals surface area contributed by atoms with Crippen LogP contribution in [-0.2, 0) is 5.60 Å². The van der Waals surface area contributed by atoms with Gasteiger partial charge in [0.25, 0.3) is 0 Å². The zero-order valence-electron chi connectivity index (χ0n) is 12.6. The molecule has 0 aliphatic rings. The van der Waals surface area contributed by atoms with Gasteiger partial charge in [-0.2, -0.15) is 0 Å². The van der Waals surface area contributed by atoms with E-state index in [1.54, 1.807) is 6.20 Å². The first kappa shape index (κ1) is 16.2. The van der Waals surface area contributed by atoms with E-state index in [0.717, 1.165) is 31.2 Å². The Morgan fingerprint density at radius 1 is 1.00 bits per heavy atom. The number of aliphatic hydroxyl groups is 1. The first-order chi connectivity index (χ1) is 9.23. The number of hydrogen-bond donors (Lipinski definition) is 1. The molecule has 0 bridgehead atoms. The summed E-state index contributed by atoms with van der Waals surface area (Å²) in [6.07, 6.45) is 13.6. The largest absolute Gasteiger partial charge is 0.385 e. The van der Waals surface area contributed by atoms with Crippen LogP contribution in [0, 0.1) is 0 Å². The van der Waals surface area contributed by atoms with E-state index in [0.29, 0.717) is 0 Å². The van der Waals surface area contributed by atoms with Crippen molar-refractivity contribution >= 4 is 0 Å². The van der Waals surface area contributed by atoms with Crippen LogP contribution < -0.4 is 0 Å². The molecule has 1 N–H and O–H groups in total. The molecule has 0 spiro atoms. The maximum absolute atomic E-state index is 11.0. The topological polar surface area (TPSA) is 33.1 Å². The van der Waals surface area contributed by atoms with Crippen molar-refractivity contribution in [1.82, 2.24) is 4.98 Å². The molecule has 1 aromatic heterocycles. The summed E-state index contributed by atoms with van der Waals surface area (Å²) < 4.78 is 0. The smallest absolute Gasteiger partial charge is 0.0911 e. The number of aromatic nitrogens is 1. The molecule has 0 aliphatic heterocycles. The Balaban J connectivity index is 2.61. The molecule has 1 unspecified atom stereocenters. The normalized spacial score (nSPS) is 14.3. The van der Waals surface area contributed by atoms with Crippen LogP contribution in [0.3, 0.4) is 0 Å².